The van der Waals surface area contributed by atoms with Crippen LogP contribution in [0.25, 0.3) is 0 Å². The SMILES string of the molecule is CCCC1NC(=O)CN(CC(C)(C)OCC)C1=O. The van der Waals surface area contributed by atoms with Gasteiger partial charge in [-0.25, -0.2) is 0 Å². The van der Waals surface area contributed by atoms with Crippen molar-refractivity contribution >= 4 is 11.8 Å². The van der Waals surface area contributed by atoms with Crippen LogP contribution in [0.15, 0.2) is 0 Å². The maximum absolute atomic E-state index is 12.2. The molecular weight excluding hydrogens is 232 g/mol. The Hall–Kier alpha value is -1.10. The maximum Gasteiger partial charge on any atom is 0.245 e. The third-order valence-electron chi connectivity index (χ3n) is 2.96. The Morgan fingerprint density at radius 2 is 2.06 bits per heavy atom. The van der Waals surface area contributed by atoms with Crippen molar-refractivity contribution in [3.8, 4) is 0 Å². The molecule has 1 heterocycles. The highest BCUT2D eigenvalue weighted by Gasteiger charge is 2.35. The number of hydrogen-bond acceptors (Lipinski definition) is 3. The molecule has 18 heavy (non-hydrogen) atoms. The minimum absolute atomic E-state index is 0.00391. The number of carbonyl (C=O) groups is 2. The van der Waals surface area contributed by atoms with Crippen molar-refractivity contribution in [2.45, 2.75) is 52.2 Å². The Balaban J connectivity index is 2.69. The number of rotatable bonds is 6. The normalized spacial score (nSPS) is 21.1. The molecule has 0 aromatic carbocycles. The van der Waals surface area contributed by atoms with Crippen LogP contribution in [-0.2, 0) is 14.3 Å². The fourth-order valence-corrected chi connectivity index (χ4v) is 2.29. The highest BCUT2D eigenvalue weighted by Crippen LogP contribution is 2.15. The minimum atomic E-state index is -0.418. The van der Waals surface area contributed by atoms with E-state index < -0.39 is 5.60 Å². The number of ether oxygens (including phenoxy) is 1. The Morgan fingerprint density at radius 3 is 2.61 bits per heavy atom. The summed E-state index contributed by atoms with van der Waals surface area (Å²) in [5.74, 6) is -0.0791. The summed E-state index contributed by atoms with van der Waals surface area (Å²) < 4.78 is 5.59. The quantitative estimate of drug-likeness (QED) is 0.769. The van der Waals surface area contributed by atoms with Gasteiger partial charge in [-0.15, -0.1) is 0 Å². The lowest BCUT2D eigenvalue weighted by atomic mass is 10.0. The first-order valence-corrected chi connectivity index (χ1v) is 6.61. The number of carbonyl (C=O) groups excluding carboxylic acids is 2. The number of nitrogens with one attached hydrogen (secondary N) is 1. The average Bonchev–Trinajstić information content (AvgIpc) is 2.24. The Kier molecular flexibility index (Phi) is 5.14. The molecule has 1 N–H and O–H groups in total. The topological polar surface area (TPSA) is 58.6 Å². The zero-order valence-corrected chi connectivity index (χ0v) is 11.8. The molecule has 1 atom stereocenters. The molecule has 1 saturated heterocycles. The van der Waals surface area contributed by atoms with Crippen LogP contribution in [0, 0.1) is 0 Å². The van der Waals surface area contributed by atoms with Gasteiger partial charge in [-0.05, 0) is 27.2 Å². The van der Waals surface area contributed by atoms with Crippen molar-refractivity contribution in [2.24, 2.45) is 0 Å². The second-order valence-corrected chi connectivity index (χ2v) is 5.30. The van der Waals surface area contributed by atoms with Crippen LogP contribution < -0.4 is 5.32 Å². The average molecular weight is 256 g/mol. The predicted molar refractivity (Wildman–Crippen MR) is 69.1 cm³/mol. The van der Waals surface area contributed by atoms with Crippen molar-refractivity contribution in [2.75, 3.05) is 19.7 Å². The molecule has 0 aromatic heterocycles. The monoisotopic (exact) mass is 256 g/mol. The zero-order valence-electron chi connectivity index (χ0n) is 11.8. The van der Waals surface area contributed by atoms with Gasteiger partial charge in [-0.1, -0.05) is 13.3 Å². The van der Waals surface area contributed by atoms with E-state index in [9.17, 15) is 9.59 Å². The standard InChI is InChI=1S/C13H24N2O3/c1-5-7-10-12(17)15(8-11(16)14-10)9-13(3,4)18-6-2/h10H,5-9H2,1-4H3,(H,14,16). The maximum atomic E-state index is 12.2. The molecule has 1 aliphatic heterocycles. The van der Waals surface area contributed by atoms with Crippen LogP contribution in [-0.4, -0.2) is 48.1 Å². The fraction of sp³-hybridized carbons (Fsp3) is 0.846. The third-order valence-corrected chi connectivity index (χ3v) is 2.96. The van der Waals surface area contributed by atoms with Crippen LogP contribution in [0.5, 0.6) is 0 Å². The summed E-state index contributed by atoms with van der Waals surface area (Å²) in [6.45, 7) is 8.98. The number of nitrogens with zero attached hydrogens (tertiary/aromatic N) is 1. The lowest BCUT2D eigenvalue weighted by Gasteiger charge is -2.37. The van der Waals surface area contributed by atoms with Crippen LogP contribution >= 0.6 is 0 Å². The first-order valence-electron chi connectivity index (χ1n) is 6.61. The minimum Gasteiger partial charge on any atom is -0.374 e. The van der Waals surface area contributed by atoms with Crippen molar-refractivity contribution in [3.05, 3.63) is 0 Å². The van der Waals surface area contributed by atoms with Crippen LogP contribution in [0.3, 0.4) is 0 Å². The van der Waals surface area contributed by atoms with Crippen LogP contribution in [0.2, 0.25) is 0 Å². The summed E-state index contributed by atoms with van der Waals surface area (Å²) in [5.41, 5.74) is -0.418. The van der Waals surface area contributed by atoms with Crippen LogP contribution in [0.1, 0.15) is 40.5 Å². The van der Waals surface area contributed by atoms with E-state index in [-0.39, 0.29) is 24.4 Å². The molecule has 0 spiro atoms. The van der Waals surface area contributed by atoms with Gasteiger partial charge >= 0.3 is 0 Å². The smallest absolute Gasteiger partial charge is 0.245 e. The molecule has 0 saturated carbocycles. The molecule has 1 unspecified atom stereocenters. The van der Waals surface area contributed by atoms with Crippen molar-refractivity contribution in [3.63, 3.8) is 0 Å². The molecule has 0 bridgehead atoms. The number of amides is 2. The van der Waals surface area contributed by atoms with Gasteiger partial charge in [0.25, 0.3) is 0 Å². The second kappa shape index (κ2) is 6.18. The van der Waals surface area contributed by atoms with Gasteiger partial charge in [0.15, 0.2) is 0 Å². The molecule has 0 aliphatic carbocycles. The molecular formula is C13H24N2O3. The van der Waals surface area contributed by atoms with Crippen LogP contribution in [0.4, 0.5) is 0 Å². The van der Waals surface area contributed by atoms with E-state index in [4.69, 9.17) is 4.74 Å². The van der Waals surface area contributed by atoms with E-state index in [0.717, 1.165) is 6.42 Å². The molecule has 0 aromatic rings. The van der Waals surface area contributed by atoms with E-state index in [1.165, 1.54) is 0 Å². The van der Waals surface area contributed by atoms with Crippen molar-refractivity contribution in [1.82, 2.24) is 10.2 Å². The summed E-state index contributed by atoms with van der Waals surface area (Å²) in [5, 5.41) is 2.74. The van der Waals surface area contributed by atoms with E-state index >= 15 is 0 Å². The Bertz CT molecular complexity index is 315. The number of hydrogen-bond donors (Lipinski definition) is 1. The van der Waals surface area contributed by atoms with Crippen molar-refractivity contribution < 1.29 is 14.3 Å². The van der Waals surface area contributed by atoms with Crippen molar-refractivity contribution in [1.29, 1.82) is 0 Å². The molecule has 5 nitrogen and oxygen atoms in total. The molecule has 0 radical (unpaired) electrons. The van der Waals surface area contributed by atoms with Gasteiger partial charge in [-0.3, -0.25) is 9.59 Å². The van der Waals surface area contributed by atoms with E-state index in [2.05, 4.69) is 5.32 Å². The summed E-state index contributed by atoms with van der Waals surface area (Å²) >= 11 is 0. The van der Waals surface area contributed by atoms with Gasteiger partial charge in [-0.2, -0.15) is 0 Å². The molecule has 5 heteroatoms. The molecule has 1 rings (SSSR count). The van der Waals surface area contributed by atoms with Gasteiger partial charge in [0.05, 0.1) is 12.1 Å². The van der Waals surface area contributed by atoms with E-state index in [1.807, 2.05) is 27.7 Å². The molecule has 1 fully saturated rings. The van der Waals surface area contributed by atoms with Gasteiger partial charge in [0, 0.05) is 13.2 Å². The van der Waals surface area contributed by atoms with Gasteiger partial charge < -0.3 is 15.0 Å². The number of piperazine rings is 1. The van der Waals surface area contributed by atoms with Gasteiger partial charge in [0.2, 0.25) is 11.8 Å². The first-order chi connectivity index (χ1) is 8.39. The summed E-state index contributed by atoms with van der Waals surface area (Å²) in [7, 11) is 0. The largest absolute Gasteiger partial charge is 0.374 e. The Labute approximate surface area is 109 Å². The zero-order chi connectivity index (χ0) is 13.8. The highest BCUT2D eigenvalue weighted by molar-refractivity contribution is 5.94. The molecule has 104 valence electrons. The predicted octanol–water partition coefficient (Wildman–Crippen LogP) is 0.929. The van der Waals surface area contributed by atoms with E-state index in [0.29, 0.717) is 19.6 Å². The lowest BCUT2D eigenvalue weighted by Crippen LogP contribution is -2.60. The molecule has 2 amide bonds. The lowest BCUT2D eigenvalue weighted by molar-refractivity contribution is -0.148. The summed E-state index contributed by atoms with van der Waals surface area (Å²) in [6.07, 6.45) is 1.56. The third kappa shape index (κ3) is 3.98. The summed E-state index contributed by atoms with van der Waals surface area (Å²) in [6, 6.07) is -0.367. The fourth-order valence-electron chi connectivity index (χ4n) is 2.29. The van der Waals surface area contributed by atoms with Gasteiger partial charge in [0.1, 0.15) is 6.04 Å². The van der Waals surface area contributed by atoms with E-state index in [1.54, 1.807) is 4.90 Å². The highest BCUT2D eigenvalue weighted by atomic mass is 16.5. The summed E-state index contributed by atoms with van der Waals surface area (Å²) in [4.78, 5) is 25.4. The molecule has 1 aliphatic rings. The Morgan fingerprint density at radius 1 is 1.39 bits per heavy atom. The second-order valence-electron chi connectivity index (χ2n) is 5.30. The first kappa shape index (κ1) is 15.0.